The summed E-state index contributed by atoms with van der Waals surface area (Å²) in [6, 6.07) is 7.61. The largest absolute Gasteiger partial charge is 0.497 e. The number of ether oxygens (including phenoxy) is 1. The number of aromatic nitrogens is 4. The van der Waals surface area contributed by atoms with Crippen molar-refractivity contribution in [2.75, 3.05) is 13.7 Å². The van der Waals surface area contributed by atoms with Gasteiger partial charge in [-0.25, -0.2) is 14.8 Å². The second kappa shape index (κ2) is 6.29. The van der Waals surface area contributed by atoms with E-state index in [9.17, 15) is 9.59 Å². The number of hydrogen-bond acceptors (Lipinski definition) is 5. The minimum Gasteiger partial charge on any atom is -0.497 e. The smallest absolute Gasteiger partial charge is 0.327 e. The molecule has 1 aromatic carbocycles. The number of nitrogens with zero attached hydrogens (tertiary/aromatic N) is 3. The van der Waals surface area contributed by atoms with Crippen LogP contribution in [-0.4, -0.2) is 39.1 Å². The molecule has 2 N–H and O–H groups in total. The zero-order valence-corrected chi connectivity index (χ0v) is 14.4. The molecule has 0 bridgehead atoms. The highest BCUT2D eigenvalue weighted by atomic mass is 16.5. The summed E-state index contributed by atoms with van der Waals surface area (Å²) < 4.78 is 6.67. The van der Waals surface area contributed by atoms with Gasteiger partial charge in [0.2, 0.25) is 5.91 Å². The summed E-state index contributed by atoms with van der Waals surface area (Å²) in [6.07, 6.45) is 4.60. The average Bonchev–Trinajstić information content (AvgIpc) is 3.42. The maximum Gasteiger partial charge on any atom is 0.327 e. The Bertz CT molecular complexity index is 1000. The molecule has 3 aromatic rings. The van der Waals surface area contributed by atoms with Crippen molar-refractivity contribution in [1.29, 1.82) is 0 Å². The lowest BCUT2D eigenvalue weighted by atomic mass is 9.95. The van der Waals surface area contributed by atoms with Crippen molar-refractivity contribution in [2.24, 2.45) is 0 Å². The van der Waals surface area contributed by atoms with Gasteiger partial charge in [0.05, 0.1) is 18.7 Å². The van der Waals surface area contributed by atoms with Crippen molar-refractivity contribution in [2.45, 2.75) is 24.8 Å². The molecule has 1 aliphatic rings. The lowest BCUT2D eigenvalue weighted by Gasteiger charge is -2.16. The predicted molar refractivity (Wildman–Crippen MR) is 95.1 cm³/mol. The van der Waals surface area contributed by atoms with E-state index in [-0.39, 0.29) is 11.6 Å². The van der Waals surface area contributed by atoms with Crippen LogP contribution in [0.5, 0.6) is 5.75 Å². The van der Waals surface area contributed by atoms with E-state index in [0.29, 0.717) is 24.3 Å². The van der Waals surface area contributed by atoms with Crippen LogP contribution in [0.1, 0.15) is 18.4 Å². The zero-order valence-electron chi connectivity index (χ0n) is 14.4. The van der Waals surface area contributed by atoms with Gasteiger partial charge in [0.25, 0.3) is 0 Å². The second-order valence-electron chi connectivity index (χ2n) is 6.41. The Kier molecular flexibility index (Phi) is 3.95. The Balaban J connectivity index is 1.43. The van der Waals surface area contributed by atoms with Gasteiger partial charge in [0.15, 0.2) is 5.65 Å². The molecule has 0 unspecified atom stereocenters. The zero-order chi connectivity index (χ0) is 18.1. The Labute approximate surface area is 149 Å². The number of carbonyl (C=O) groups is 1. The van der Waals surface area contributed by atoms with Gasteiger partial charge in [0.1, 0.15) is 17.6 Å². The standard InChI is InChI=1S/C18H19N5O3/c1-26-13-4-2-12(3-5-13)18(6-7-18)16(24)20-8-9-23-15-14(22-17(23)25)10-19-11-21-15/h2-5,10-11H,6-9H2,1H3,(H,20,24)(H,22,25). The van der Waals surface area contributed by atoms with Gasteiger partial charge >= 0.3 is 5.69 Å². The van der Waals surface area contributed by atoms with E-state index in [1.807, 2.05) is 24.3 Å². The number of aromatic amines is 1. The first-order chi connectivity index (χ1) is 12.6. The number of H-pyrrole nitrogens is 1. The number of rotatable bonds is 6. The van der Waals surface area contributed by atoms with Crippen LogP contribution in [0.15, 0.2) is 41.6 Å². The monoisotopic (exact) mass is 353 g/mol. The van der Waals surface area contributed by atoms with E-state index >= 15 is 0 Å². The molecule has 0 saturated heterocycles. The SMILES string of the molecule is COc1ccc(C2(C(=O)NCCn3c(=O)[nH]c4cncnc43)CC2)cc1. The highest BCUT2D eigenvalue weighted by Crippen LogP contribution is 2.48. The first-order valence-electron chi connectivity index (χ1n) is 8.45. The molecule has 2 aromatic heterocycles. The first kappa shape index (κ1) is 16.3. The molecular weight excluding hydrogens is 334 g/mol. The van der Waals surface area contributed by atoms with Gasteiger partial charge in [0, 0.05) is 13.1 Å². The van der Waals surface area contributed by atoms with Crippen LogP contribution in [-0.2, 0) is 16.8 Å². The van der Waals surface area contributed by atoms with Crippen LogP contribution in [0.25, 0.3) is 11.2 Å². The van der Waals surface area contributed by atoms with Crippen LogP contribution in [0, 0.1) is 0 Å². The number of benzene rings is 1. The van der Waals surface area contributed by atoms with Gasteiger partial charge in [-0.1, -0.05) is 12.1 Å². The molecule has 0 spiro atoms. The summed E-state index contributed by atoms with van der Waals surface area (Å²) in [7, 11) is 1.62. The molecule has 1 aliphatic carbocycles. The molecule has 0 atom stereocenters. The van der Waals surface area contributed by atoms with Crippen molar-refractivity contribution in [3.63, 3.8) is 0 Å². The lowest BCUT2D eigenvalue weighted by molar-refractivity contribution is -0.123. The van der Waals surface area contributed by atoms with Gasteiger partial charge in [-0.15, -0.1) is 0 Å². The second-order valence-corrected chi connectivity index (χ2v) is 6.41. The Hall–Kier alpha value is -3.16. The maximum atomic E-state index is 12.7. The van der Waals surface area contributed by atoms with Crippen LogP contribution >= 0.6 is 0 Å². The third-order valence-corrected chi connectivity index (χ3v) is 4.88. The fraction of sp³-hybridized carbons (Fsp3) is 0.333. The fourth-order valence-corrected chi connectivity index (χ4v) is 3.25. The molecule has 26 heavy (non-hydrogen) atoms. The Morgan fingerprint density at radius 1 is 1.35 bits per heavy atom. The van der Waals surface area contributed by atoms with E-state index in [1.54, 1.807) is 13.3 Å². The average molecular weight is 353 g/mol. The fourth-order valence-electron chi connectivity index (χ4n) is 3.25. The normalized spacial score (nSPS) is 15.0. The number of nitrogens with one attached hydrogen (secondary N) is 2. The molecule has 0 aliphatic heterocycles. The summed E-state index contributed by atoms with van der Waals surface area (Å²) in [5.41, 5.74) is 1.40. The molecule has 134 valence electrons. The number of imidazole rings is 1. The highest BCUT2D eigenvalue weighted by molar-refractivity contribution is 5.91. The Morgan fingerprint density at radius 2 is 2.12 bits per heavy atom. The van der Waals surface area contributed by atoms with E-state index in [0.717, 1.165) is 24.2 Å². The maximum absolute atomic E-state index is 12.7. The molecule has 1 saturated carbocycles. The number of fused-ring (bicyclic) bond motifs is 1. The van der Waals surface area contributed by atoms with Crippen molar-refractivity contribution in [1.82, 2.24) is 24.8 Å². The van der Waals surface area contributed by atoms with Gasteiger partial charge in [-0.2, -0.15) is 0 Å². The van der Waals surface area contributed by atoms with Crippen LogP contribution in [0.2, 0.25) is 0 Å². The van der Waals surface area contributed by atoms with Crippen molar-refractivity contribution in [3.05, 3.63) is 52.8 Å². The number of carbonyl (C=O) groups excluding carboxylic acids is 1. The van der Waals surface area contributed by atoms with Crippen molar-refractivity contribution < 1.29 is 9.53 Å². The van der Waals surface area contributed by atoms with Crippen LogP contribution in [0.3, 0.4) is 0 Å². The number of hydrogen-bond donors (Lipinski definition) is 2. The topological polar surface area (TPSA) is 102 Å². The lowest BCUT2D eigenvalue weighted by Crippen LogP contribution is -2.37. The Morgan fingerprint density at radius 3 is 2.81 bits per heavy atom. The van der Waals surface area contributed by atoms with Crippen molar-refractivity contribution >= 4 is 17.1 Å². The summed E-state index contributed by atoms with van der Waals surface area (Å²) in [4.78, 5) is 35.4. The third-order valence-electron chi connectivity index (χ3n) is 4.88. The first-order valence-corrected chi connectivity index (χ1v) is 8.45. The predicted octanol–water partition coefficient (Wildman–Crippen LogP) is 0.976. The summed E-state index contributed by atoms with van der Waals surface area (Å²) in [6.45, 7) is 0.702. The minimum absolute atomic E-state index is 0.00909. The highest BCUT2D eigenvalue weighted by Gasteiger charge is 2.51. The molecule has 0 radical (unpaired) electrons. The molecule has 1 fully saturated rings. The van der Waals surface area contributed by atoms with Gasteiger partial charge in [-0.05, 0) is 30.5 Å². The molecule has 4 rings (SSSR count). The molecule has 8 heteroatoms. The van der Waals surface area contributed by atoms with Crippen LogP contribution < -0.4 is 15.7 Å². The molecule has 8 nitrogen and oxygen atoms in total. The van der Waals surface area contributed by atoms with Crippen LogP contribution in [0.4, 0.5) is 0 Å². The minimum atomic E-state index is -0.459. The molecule has 2 heterocycles. The summed E-state index contributed by atoms with van der Waals surface area (Å²) >= 11 is 0. The van der Waals surface area contributed by atoms with E-state index in [1.165, 1.54) is 10.9 Å². The number of amides is 1. The molecule has 1 amide bonds. The van der Waals surface area contributed by atoms with E-state index in [2.05, 4.69) is 20.3 Å². The summed E-state index contributed by atoms with van der Waals surface area (Å²) in [5.74, 6) is 0.760. The number of methoxy groups -OCH3 is 1. The molecular formula is C18H19N5O3. The van der Waals surface area contributed by atoms with Crippen molar-refractivity contribution in [3.8, 4) is 5.75 Å². The van der Waals surface area contributed by atoms with Gasteiger partial charge < -0.3 is 15.0 Å². The summed E-state index contributed by atoms with van der Waals surface area (Å²) in [5, 5.41) is 2.96. The van der Waals surface area contributed by atoms with Gasteiger partial charge in [-0.3, -0.25) is 9.36 Å². The third kappa shape index (κ3) is 2.73. The quantitative estimate of drug-likeness (QED) is 0.688. The van der Waals surface area contributed by atoms with E-state index in [4.69, 9.17) is 4.74 Å². The van der Waals surface area contributed by atoms with E-state index < -0.39 is 5.41 Å².